The topological polar surface area (TPSA) is 29.1 Å². The van der Waals surface area contributed by atoms with Crippen molar-refractivity contribution >= 4 is 23.4 Å². The van der Waals surface area contributed by atoms with Gasteiger partial charge in [-0.1, -0.05) is 24.3 Å². The lowest BCUT2D eigenvalue weighted by atomic mass is 10.2. The van der Waals surface area contributed by atoms with Crippen molar-refractivity contribution in [2.75, 3.05) is 5.32 Å². The van der Waals surface area contributed by atoms with Crippen LogP contribution in [-0.4, -0.2) is 11.2 Å². The standard InChI is InChI=1S/C16H15F2NOS/c1-11(21-10-12-6-8-13(17)9-7-12)16(20)19-15-5-3-2-4-14(15)18/h2-9,11H,10H2,1H3,(H,19,20). The van der Waals surface area contributed by atoms with Crippen LogP contribution in [0.25, 0.3) is 0 Å². The molecule has 0 aliphatic heterocycles. The summed E-state index contributed by atoms with van der Waals surface area (Å²) in [5, 5.41) is 2.22. The largest absolute Gasteiger partial charge is 0.323 e. The fourth-order valence-corrected chi connectivity index (χ4v) is 2.52. The van der Waals surface area contributed by atoms with Gasteiger partial charge in [0.05, 0.1) is 10.9 Å². The Morgan fingerprint density at radius 3 is 2.48 bits per heavy atom. The highest BCUT2D eigenvalue weighted by molar-refractivity contribution is 7.99. The van der Waals surface area contributed by atoms with E-state index in [4.69, 9.17) is 0 Å². The first-order valence-electron chi connectivity index (χ1n) is 6.47. The lowest BCUT2D eigenvalue weighted by Gasteiger charge is -2.12. The van der Waals surface area contributed by atoms with E-state index in [0.717, 1.165) is 5.56 Å². The van der Waals surface area contributed by atoms with Crippen LogP contribution in [0.3, 0.4) is 0 Å². The molecule has 1 atom stereocenters. The van der Waals surface area contributed by atoms with Gasteiger partial charge in [0.25, 0.3) is 0 Å². The zero-order valence-corrected chi connectivity index (χ0v) is 12.3. The van der Waals surface area contributed by atoms with Gasteiger partial charge in [0.15, 0.2) is 0 Å². The van der Waals surface area contributed by atoms with Crippen molar-refractivity contribution in [1.29, 1.82) is 0 Å². The van der Waals surface area contributed by atoms with E-state index in [9.17, 15) is 13.6 Å². The van der Waals surface area contributed by atoms with Crippen molar-refractivity contribution in [2.45, 2.75) is 17.9 Å². The van der Waals surface area contributed by atoms with Crippen molar-refractivity contribution < 1.29 is 13.6 Å². The molecule has 0 aliphatic rings. The van der Waals surface area contributed by atoms with E-state index in [1.165, 1.54) is 36.0 Å². The molecule has 2 rings (SSSR count). The molecule has 1 amide bonds. The number of rotatable bonds is 5. The molecule has 2 aromatic carbocycles. The summed E-state index contributed by atoms with van der Waals surface area (Å²) in [6.07, 6.45) is 0. The van der Waals surface area contributed by atoms with Gasteiger partial charge >= 0.3 is 0 Å². The molecule has 21 heavy (non-hydrogen) atoms. The van der Waals surface area contributed by atoms with E-state index in [0.29, 0.717) is 5.75 Å². The first-order valence-corrected chi connectivity index (χ1v) is 7.52. The van der Waals surface area contributed by atoms with Gasteiger partial charge in [0, 0.05) is 5.75 Å². The highest BCUT2D eigenvalue weighted by Gasteiger charge is 2.15. The van der Waals surface area contributed by atoms with E-state index in [1.807, 2.05) is 0 Å². The van der Waals surface area contributed by atoms with Crippen LogP contribution >= 0.6 is 11.8 Å². The van der Waals surface area contributed by atoms with Gasteiger partial charge in [0.1, 0.15) is 11.6 Å². The number of hydrogen-bond acceptors (Lipinski definition) is 2. The van der Waals surface area contributed by atoms with Crippen LogP contribution in [0.1, 0.15) is 12.5 Å². The van der Waals surface area contributed by atoms with E-state index in [-0.39, 0.29) is 22.7 Å². The number of nitrogens with one attached hydrogen (secondary N) is 1. The van der Waals surface area contributed by atoms with Crippen LogP contribution < -0.4 is 5.32 Å². The van der Waals surface area contributed by atoms with Crippen molar-refractivity contribution in [3.8, 4) is 0 Å². The highest BCUT2D eigenvalue weighted by atomic mass is 32.2. The molecule has 0 fully saturated rings. The molecule has 0 heterocycles. The molecular formula is C16H15F2NOS. The number of carbonyl (C=O) groups excluding carboxylic acids is 1. The van der Waals surface area contributed by atoms with Gasteiger partial charge in [-0.25, -0.2) is 8.78 Å². The molecular weight excluding hydrogens is 292 g/mol. The summed E-state index contributed by atoms with van der Waals surface area (Å²) >= 11 is 1.41. The normalized spacial score (nSPS) is 12.0. The molecule has 0 spiro atoms. The summed E-state index contributed by atoms with van der Waals surface area (Å²) in [6, 6.07) is 12.2. The Labute approximate surface area is 126 Å². The molecule has 1 N–H and O–H groups in total. The molecule has 1 unspecified atom stereocenters. The first-order chi connectivity index (χ1) is 10.1. The van der Waals surface area contributed by atoms with Crippen molar-refractivity contribution in [3.05, 3.63) is 65.7 Å². The van der Waals surface area contributed by atoms with Gasteiger partial charge in [-0.15, -0.1) is 11.8 Å². The Kier molecular flexibility index (Phi) is 5.33. The Bertz CT molecular complexity index is 616. The number of carbonyl (C=O) groups is 1. The fourth-order valence-electron chi connectivity index (χ4n) is 1.67. The minimum absolute atomic E-state index is 0.178. The maximum atomic E-state index is 13.4. The minimum Gasteiger partial charge on any atom is -0.323 e. The molecule has 5 heteroatoms. The molecule has 2 aromatic rings. The maximum absolute atomic E-state index is 13.4. The number of hydrogen-bond donors (Lipinski definition) is 1. The second kappa shape index (κ2) is 7.22. The molecule has 110 valence electrons. The number of anilines is 1. The number of thioether (sulfide) groups is 1. The minimum atomic E-state index is -0.457. The smallest absolute Gasteiger partial charge is 0.237 e. The molecule has 0 bridgehead atoms. The second-order valence-corrected chi connectivity index (χ2v) is 5.88. The van der Waals surface area contributed by atoms with Gasteiger partial charge in [0.2, 0.25) is 5.91 Å². The molecule has 0 saturated carbocycles. The monoisotopic (exact) mass is 307 g/mol. The lowest BCUT2D eigenvalue weighted by molar-refractivity contribution is -0.115. The third-order valence-corrected chi connectivity index (χ3v) is 4.13. The quantitative estimate of drug-likeness (QED) is 0.896. The van der Waals surface area contributed by atoms with Crippen LogP contribution in [0.4, 0.5) is 14.5 Å². The summed E-state index contributed by atoms with van der Waals surface area (Å²) in [5.41, 5.74) is 1.11. The molecule has 0 aliphatic carbocycles. The second-order valence-electron chi connectivity index (χ2n) is 4.55. The average Bonchev–Trinajstić information content (AvgIpc) is 2.48. The zero-order valence-electron chi connectivity index (χ0n) is 11.5. The summed E-state index contributed by atoms with van der Waals surface area (Å²) in [7, 11) is 0. The molecule has 2 nitrogen and oxygen atoms in total. The highest BCUT2D eigenvalue weighted by Crippen LogP contribution is 2.20. The van der Waals surface area contributed by atoms with Crippen molar-refractivity contribution in [2.24, 2.45) is 0 Å². The maximum Gasteiger partial charge on any atom is 0.237 e. The SMILES string of the molecule is CC(SCc1ccc(F)cc1)C(=O)Nc1ccccc1F. The van der Waals surface area contributed by atoms with Crippen LogP contribution in [0.15, 0.2) is 48.5 Å². The molecule has 0 saturated heterocycles. The third-order valence-electron chi connectivity index (χ3n) is 2.91. The summed E-state index contributed by atoms with van der Waals surface area (Å²) < 4.78 is 26.2. The zero-order chi connectivity index (χ0) is 15.2. The summed E-state index contributed by atoms with van der Waals surface area (Å²) in [5.74, 6) is -0.408. The van der Waals surface area contributed by atoms with E-state index >= 15 is 0 Å². The van der Waals surface area contributed by atoms with Gasteiger partial charge in [-0.2, -0.15) is 0 Å². The summed E-state index contributed by atoms with van der Waals surface area (Å²) in [6.45, 7) is 1.75. The first kappa shape index (κ1) is 15.5. The Balaban J connectivity index is 1.88. The van der Waals surface area contributed by atoms with Gasteiger partial charge in [-0.3, -0.25) is 4.79 Å². The van der Waals surface area contributed by atoms with Gasteiger partial charge in [-0.05, 0) is 36.8 Å². The van der Waals surface area contributed by atoms with Crippen LogP contribution in [0.5, 0.6) is 0 Å². The molecule has 0 radical (unpaired) electrons. The average molecular weight is 307 g/mol. The molecule has 0 aromatic heterocycles. The predicted octanol–water partition coefficient (Wildman–Crippen LogP) is 4.23. The number of amides is 1. The lowest BCUT2D eigenvalue weighted by Crippen LogP contribution is -2.23. The number of benzene rings is 2. The predicted molar refractivity (Wildman–Crippen MR) is 82.2 cm³/mol. The van der Waals surface area contributed by atoms with Gasteiger partial charge < -0.3 is 5.32 Å². The Morgan fingerprint density at radius 2 is 1.81 bits per heavy atom. The van der Waals surface area contributed by atoms with Crippen LogP contribution in [0.2, 0.25) is 0 Å². The number of halogens is 2. The van der Waals surface area contributed by atoms with Crippen molar-refractivity contribution in [3.63, 3.8) is 0 Å². The fraction of sp³-hybridized carbons (Fsp3) is 0.188. The summed E-state index contributed by atoms with van der Waals surface area (Å²) in [4.78, 5) is 12.0. The van der Waals surface area contributed by atoms with E-state index in [1.54, 1.807) is 31.2 Å². The van der Waals surface area contributed by atoms with E-state index in [2.05, 4.69) is 5.32 Å². The van der Waals surface area contributed by atoms with Crippen LogP contribution in [-0.2, 0) is 10.5 Å². The number of para-hydroxylation sites is 1. The Morgan fingerprint density at radius 1 is 1.14 bits per heavy atom. The van der Waals surface area contributed by atoms with Crippen LogP contribution in [0, 0.1) is 11.6 Å². The third kappa shape index (κ3) is 4.56. The van der Waals surface area contributed by atoms with E-state index < -0.39 is 5.82 Å². The van der Waals surface area contributed by atoms with Crippen molar-refractivity contribution in [1.82, 2.24) is 0 Å². The Hall–Kier alpha value is -1.88.